The maximum Gasteiger partial charge on any atom is 0.251 e. The summed E-state index contributed by atoms with van der Waals surface area (Å²) in [5, 5.41) is 0.634. The highest BCUT2D eigenvalue weighted by atomic mass is 35.5. The fourth-order valence-corrected chi connectivity index (χ4v) is 4.04. The Kier molecular flexibility index (Phi) is 4.81. The van der Waals surface area contributed by atoms with Crippen molar-refractivity contribution in [1.29, 1.82) is 0 Å². The van der Waals surface area contributed by atoms with E-state index in [1.54, 1.807) is 12.1 Å². The molecule has 0 fully saturated rings. The lowest BCUT2D eigenvalue weighted by atomic mass is 10.2. The molecule has 1 aromatic heterocycles. The van der Waals surface area contributed by atoms with Crippen LogP contribution < -0.4 is 4.72 Å². The van der Waals surface area contributed by atoms with Crippen molar-refractivity contribution in [2.75, 3.05) is 6.54 Å². The molecule has 0 aliphatic heterocycles. The molecule has 2 rings (SSSR count). The smallest absolute Gasteiger partial charge is 0.232 e. The molecule has 19 heavy (non-hydrogen) atoms. The second-order valence-corrected chi connectivity index (χ2v) is 7.75. The van der Waals surface area contributed by atoms with Gasteiger partial charge in [0.2, 0.25) is 0 Å². The molecule has 4 nitrogen and oxygen atoms in total. The fraction of sp³-hybridized carbons (Fsp3) is 0.182. The number of nitrogens with one attached hydrogen (secondary N) is 1. The number of nitrogens with zero attached hydrogens (tertiary/aromatic N) is 1. The van der Waals surface area contributed by atoms with Crippen LogP contribution in [0.1, 0.15) is 5.56 Å². The van der Waals surface area contributed by atoms with Gasteiger partial charge in [0.15, 0.2) is 8.68 Å². The number of aromatic nitrogens is 1. The van der Waals surface area contributed by atoms with Gasteiger partial charge in [-0.15, -0.1) is 0 Å². The molecule has 0 amide bonds. The Morgan fingerprint density at radius 1 is 1.32 bits per heavy atom. The topological polar surface area (TPSA) is 59.1 Å². The van der Waals surface area contributed by atoms with Crippen molar-refractivity contribution >= 4 is 44.6 Å². The van der Waals surface area contributed by atoms with Crippen LogP contribution in [0.5, 0.6) is 0 Å². The van der Waals surface area contributed by atoms with E-state index in [2.05, 4.69) is 9.71 Å². The Labute approximate surface area is 125 Å². The molecule has 0 unspecified atom stereocenters. The molecular formula is C11H10Cl2N2O2S2. The van der Waals surface area contributed by atoms with Gasteiger partial charge in [0.1, 0.15) is 0 Å². The van der Waals surface area contributed by atoms with Crippen molar-refractivity contribution < 1.29 is 8.42 Å². The number of hydrogen-bond acceptors (Lipinski definition) is 4. The standard InChI is InChI=1S/C11H10Cl2N2O2S2/c12-9-3-1-2-8(6-9)4-5-15-19(16,17)10-7-14-11(13)18-10/h1-3,6-7,15H,4-5H2. The van der Waals surface area contributed by atoms with Gasteiger partial charge in [-0.25, -0.2) is 18.1 Å². The minimum Gasteiger partial charge on any atom is -0.232 e. The zero-order valence-corrected chi connectivity index (χ0v) is 12.8. The van der Waals surface area contributed by atoms with Crippen molar-refractivity contribution in [1.82, 2.24) is 9.71 Å². The molecule has 102 valence electrons. The zero-order valence-electron chi connectivity index (χ0n) is 9.64. The van der Waals surface area contributed by atoms with Gasteiger partial charge in [-0.2, -0.15) is 0 Å². The molecule has 2 aromatic rings. The van der Waals surface area contributed by atoms with Crippen molar-refractivity contribution in [3.05, 3.63) is 45.5 Å². The molecule has 0 radical (unpaired) electrons. The number of sulfonamides is 1. The van der Waals surface area contributed by atoms with Gasteiger partial charge in [-0.3, -0.25) is 0 Å². The first-order chi connectivity index (χ1) is 8.97. The summed E-state index contributed by atoms with van der Waals surface area (Å²) in [5.74, 6) is 0. The average Bonchev–Trinajstić information content (AvgIpc) is 2.76. The third kappa shape index (κ3) is 4.15. The predicted octanol–water partition coefficient (Wildman–Crippen LogP) is 2.97. The van der Waals surface area contributed by atoms with Gasteiger partial charge >= 0.3 is 0 Å². The molecular weight excluding hydrogens is 327 g/mol. The molecule has 0 aliphatic rings. The lowest BCUT2D eigenvalue weighted by Gasteiger charge is -2.04. The van der Waals surface area contributed by atoms with Crippen LogP contribution in [-0.4, -0.2) is 19.9 Å². The Bertz CT molecular complexity index is 671. The minimum atomic E-state index is -3.53. The van der Waals surface area contributed by atoms with E-state index >= 15 is 0 Å². The van der Waals surface area contributed by atoms with Crippen LogP contribution in [0, 0.1) is 0 Å². The first-order valence-corrected chi connectivity index (χ1v) is 8.38. The maximum atomic E-state index is 11.9. The summed E-state index contributed by atoms with van der Waals surface area (Å²) in [5.41, 5.74) is 0.970. The fourth-order valence-electron chi connectivity index (χ4n) is 1.46. The van der Waals surface area contributed by atoms with Crippen molar-refractivity contribution in [3.8, 4) is 0 Å². The van der Waals surface area contributed by atoms with Crippen molar-refractivity contribution in [2.24, 2.45) is 0 Å². The lowest BCUT2D eigenvalue weighted by molar-refractivity contribution is 0.583. The van der Waals surface area contributed by atoms with Crippen LogP contribution in [0.25, 0.3) is 0 Å². The molecule has 0 aliphatic carbocycles. The van der Waals surface area contributed by atoms with E-state index in [1.807, 2.05) is 12.1 Å². The van der Waals surface area contributed by atoms with Crippen LogP contribution in [0.3, 0.4) is 0 Å². The summed E-state index contributed by atoms with van der Waals surface area (Å²) in [6, 6.07) is 7.30. The summed E-state index contributed by atoms with van der Waals surface area (Å²) < 4.78 is 26.6. The Hall–Kier alpha value is -0.660. The zero-order chi connectivity index (χ0) is 13.9. The van der Waals surface area contributed by atoms with Crippen molar-refractivity contribution in [2.45, 2.75) is 10.6 Å². The van der Waals surface area contributed by atoms with E-state index < -0.39 is 10.0 Å². The number of rotatable bonds is 5. The number of benzene rings is 1. The van der Waals surface area contributed by atoms with E-state index in [4.69, 9.17) is 23.2 Å². The van der Waals surface area contributed by atoms with Gasteiger partial charge in [0, 0.05) is 11.6 Å². The largest absolute Gasteiger partial charge is 0.251 e. The molecule has 0 atom stereocenters. The van der Waals surface area contributed by atoms with Crippen LogP contribution in [0.2, 0.25) is 9.49 Å². The van der Waals surface area contributed by atoms with E-state index in [0.717, 1.165) is 16.9 Å². The van der Waals surface area contributed by atoms with Gasteiger partial charge in [-0.1, -0.05) is 46.7 Å². The highest BCUT2D eigenvalue weighted by Gasteiger charge is 2.16. The maximum absolute atomic E-state index is 11.9. The number of thiazole rings is 1. The Morgan fingerprint density at radius 2 is 2.11 bits per heavy atom. The summed E-state index contributed by atoms with van der Waals surface area (Å²) in [7, 11) is -3.53. The molecule has 1 aromatic carbocycles. The third-order valence-corrected chi connectivity index (χ3v) is 5.59. The second-order valence-electron chi connectivity index (χ2n) is 3.71. The van der Waals surface area contributed by atoms with E-state index in [1.165, 1.54) is 6.20 Å². The average molecular weight is 337 g/mol. The van der Waals surface area contributed by atoms with Crippen molar-refractivity contribution in [3.63, 3.8) is 0 Å². The molecule has 1 heterocycles. The minimum absolute atomic E-state index is 0.114. The highest BCUT2D eigenvalue weighted by Crippen LogP contribution is 2.22. The molecule has 0 saturated heterocycles. The lowest BCUT2D eigenvalue weighted by Crippen LogP contribution is -2.25. The summed E-state index contributed by atoms with van der Waals surface area (Å²) in [6.07, 6.45) is 1.81. The van der Waals surface area contributed by atoms with Gasteiger partial charge in [-0.05, 0) is 24.1 Å². The summed E-state index contributed by atoms with van der Waals surface area (Å²) in [4.78, 5) is 3.71. The third-order valence-electron chi connectivity index (χ3n) is 2.32. The van der Waals surface area contributed by atoms with Crippen LogP contribution in [0.15, 0.2) is 34.7 Å². The number of hydrogen-bond donors (Lipinski definition) is 1. The summed E-state index contributed by atoms with van der Waals surface area (Å²) >= 11 is 12.4. The van der Waals surface area contributed by atoms with E-state index in [9.17, 15) is 8.42 Å². The molecule has 0 saturated carbocycles. The summed E-state index contributed by atoms with van der Waals surface area (Å²) in [6.45, 7) is 0.290. The molecule has 0 spiro atoms. The first-order valence-electron chi connectivity index (χ1n) is 5.33. The molecule has 1 N–H and O–H groups in total. The quantitative estimate of drug-likeness (QED) is 0.913. The first kappa shape index (κ1) is 14.7. The Morgan fingerprint density at radius 3 is 2.74 bits per heavy atom. The Balaban J connectivity index is 1.96. The van der Waals surface area contributed by atoms with Crippen LogP contribution in [0.4, 0.5) is 0 Å². The van der Waals surface area contributed by atoms with Gasteiger partial charge in [0.05, 0.1) is 6.20 Å². The van der Waals surface area contributed by atoms with E-state index in [0.29, 0.717) is 11.4 Å². The predicted molar refractivity (Wildman–Crippen MR) is 77.5 cm³/mol. The SMILES string of the molecule is O=S(=O)(NCCc1cccc(Cl)c1)c1cnc(Cl)s1. The molecule has 8 heteroatoms. The van der Waals surface area contributed by atoms with Crippen LogP contribution >= 0.6 is 34.5 Å². The number of halogens is 2. The van der Waals surface area contributed by atoms with E-state index in [-0.39, 0.29) is 15.2 Å². The van der Waals surface area contributed by atoms with Gasteiger partial charge < -0.3 is 0 Å². The van der Waals surface area contributed by atoms with Crippen LogP contribution in [-0.2, 0) is 16.4 Å². The normalized spacial score (nSPS) is 11.7. The molecule has 0 bridgehead atoms. The highest BCUT2D eigenvalue weighted by molar-refractivity contribution is 7.91. The van der Waals surface area contributed by atoms with Gasteiger partial charge in [0.25, 0.3) is 10.0 Å². The monoisotopic (exact) mass is 336 g/mol. The second kappa shape index (κ2) is 6.19.